The lowest BCUT2D eigenvalue weighted by Crippen LogP contribution is -2.40. The Balaban J connectivity index is 2.25. The summed E-state index contributed by atoms with van der Waals surface area (Å²) in [6.07, 6.45) is 3.92. The molecule has 1 unspecified atom stereocenters. The molecule has 59 valence electrons. The van der Waals surface area contributed by atoms with Crippen LogP contribution in [0.25, 0.3) is 0 Å². The fourth-order valence-corrected chi connectivity index (χ4v) is 1.52. The maximum absolute atomic E-state index is 5.45. The van der Waals surface area contributed by atoms with Gasteiger partial charge < -0.3 is 5.73 Å². The molecular formula is C8H17N2. The molecule has 2 N–H and O–H groups in total. The van der Waals surface area contributed by atoms with Gasteiger partial charge in [0.2, 0.25) is 0 Å². The second-order valence-electron chi connectivity index (χ2n) is 2.97. The molecule has 0 aromatic carbocycles. The highest BCUT2D eigenvalue weighted by molar-refractivity contribution is 4.78. The van der Waals surface area contributed by atoms with Gasteiger partial charge in [-0.15, -0.1) is 0 Å². The van der Waals surface area contributed by atoms with Gasteiger partial charge in [-0.05, 0) is 26.3 Å². The lowest BCUT2D eigenvalue weighted by atomic mass is 10.0. The van der Waals surface area contributed by atoms with Crippen LogP contribution in [0.4, 0.5) is 0 Å². The van der Waals surface area contributed by atoms with E-state index in [-0.39, 0.29) is 0 Å². The van der Waals surface area contributed by atoms with Crippen molar-refractivity contribution in [3.8, 4) is 0 Å². The Kier molecular flexibility index (Phi) is 3.16. The van der Waals surface area contributed by atoms with Crippen LogP contribution in [0.5, 0.6) is 0 Å². The van der Waals surface area contributed by atoms with Gasteiger partial charge in [-0.2, -0.15) is 0 Å². The molecule has 0 amide bonds. The summed E-state index contributed by atoms with van der Waals surface area (Å²) in [5.41, 5.74) is 5.45. The van der Waals surface area contributed by atoms with Crippen molar-refractivity contribution in [1.29, 1.82) is 0 Å². The number of hydrogen-bond acceptors (Lipinski definition) is 2. The van der Waals surface area contributed by atoms with E-state index in [1.54, 1.807) is 0 Å². The molecule has 0 aromatic heterocycles. The molecule has 2 nitrogen and oxygen atoms in total. The summed E-state index contributed by atoms with van der Waals surface area (Å²) < 4.78 is 0. The molecule has 0 spiro atoms. The van der Waals surface area contributed by atoms with Gasteiger partial charge in [0.1, 0.15) is 0 Å². The first-order valence-electron chi connectivity index (χ1n) is 4.12. The fraction of sp³-hybridized carbons (Fsp3) is 0.875. The summed E-state index contributed by atoms with van der Waals surface area (Å²) >= 11 is 0. The second-order valence-corrected chi connectivity index (χ2v) is 2.97. The Bertz CT molecular complexity index is 91.3. The molecule has 1 fully saturated rings. The van der Waals surface area contributed by atoms with Crippen molar-refractivity contribution in [3.63, 3.8) is 0 Å². The Morgan fingerprint density at radius 2 is 2.30 bits per heavy atom. The molecule has 1 saturated heterocycles. The highest BCUT2D eigenvalue weighted by Crippen LogP contribution is 2.14. The summed E-state index contributed by atoms with van der Waals surface area (Å²) in [6.45, 7) is 7.06. The third-order valence-electron chi connectivity index (χ3n) is 2.17. The van der Waals surface area contributed by atoms with E-state index in [1.165, 1.54) is 25.8 Å². The van der Waals surface area contributed by atoms with E-state index in [1.807, 2.05) is 0 Å². The number of hydrogen-bond donors (Lipinski definition) is 1. The molecule has 1 aliphatic rings. The molecule has 1 rings (SSSR count). The molecular weight excluding hydrogens is 124 g/mol. The van der Waals surface area contributed by atoms with Crippen LogP contribution < -0.4 is 5.73 Å². The van der Waals surface area contributed by atoms with Crippen molar-refractivity contribution >= 4 is 0 Å². The molecule has 1 aliphatic heterocycles. The molecule has 2 heteroatoms. The monoisotopic (exact) mass is 141 g/mol. The van der Waals surface area contributed by atoms with Crippen molar-refractivity contribution in [2.24, 2.45) is 5.73 Å². The third kappa shape index (κ3) is 1.96. The highest BCUT2D eigenvalue weighted by atomic mass is 15.2. The molecule has 0 saturated carbocycles. The highest BCUT2D eigenvalue weighted by Gasteiger charge is 2.16. The standard InChI is InChI=1S/C8H17N2/c1-8-4-2-3-6-10(8)7-5-9/h8H,1-7,9H2. The van der Waals surface area contributed by atoms with Crippen LogP contribution in [0.1, 0.15) is 19.3 Å². The number of piperidine rings is 1. The first-order chi connectivity index (χ1) is 4.84. The number of nitrogens with two attached hydrogens (primary N) is 1. The first-order valence-corrected chi connectivity index (χ1v) is 4.12. The fourth-order valence-electron chi connectivity index (χ4n) is 1.52. The van der Waals surface area contributed by atoms with Crippen LogP contribution >= 0.6 is 0 Å². The zero-order chi connectivity index (χ0) is 7.40. The summed E-state index contributed by atoms with van der Waals surface area (Å²) in [4.78, 5) is 2.38. The Labute approximate surface area is 63.4 Å². The molecule has 0 bridgehead atoms. The number of rotatable bonds is 2. The molecule has 1 atom stereocenters. The number of likely N-dealkylation sites (tertiary alicyclic amines) is 1. The van der Waals surface area contributed by atoms with Gasteiger partial charge in [0.05, 0.1) is 0 Å². The zero-order valence-corrected chi connectivity index (χ0v) is 6.55. The van der Waals surface area contributed by atoms with Crippen molar-refractivity contribution < 1.29 is 0 Å². The summed E-state index contributed by atoms with van der Waals surface area (Å²) in [5.74, 6) is 0. The van der Waals surface area contributed by atoms with Crippen LogP contribution in [0.2, 0.25) is 0 Å². The summed E-state index contributed by atoms with van der Waals surface area (Å²) in [5, 5.41) is 0. The summed E-state index contributed by atoms with van der Waals surface area (Å²) in [7, 11) is 0. The van der Waals surface area contributed by atoms with Crippen LogP contribution in [0.15, 0.2) is 0 Å². The summed E-state index contributed by atoms with van der Waals surface area (Å²) in [6, 6.07) is 0.525. The average molecular weight is 141 g/mol. The van der Waals surface area contributed by atoms with Crippen LogP contribution in [-0.2, 0) is 0 Å². The minimum atomic E-state index is 0.525. The predicted molar refractivity (Wildman–Crippen MR) is 43.6 cm³/mol. The van der Waals surface area contributed by atoms with E-state index < -0.39 is 0 Å². The van der Waals surface area contributed by atoms with E-state index in [4.69, 9.17) is 5.73 Å². The van der Waals surface area contributed by atoms with E-state index in [9.17, 15) is 0 Å². The van der Waals surface area contributed by atoms with Crippen molar-refractivity contribution in [1.82, 2.24) is 4.90 Å². The topological polar surface area (TPSA) is 29.3 Å². The minimum absolute atomic E-state index is 0.525. The predicted octanol–water partition coefficient (Wildman–Crippen LogP) is 0.634. The second kappa shape index (κ2) is 3.94. The van der Waals surface area contributed by atoms with Crippen molar-refractivity contribution in [2.75, 3.05) is 19.6 Å². The van der Waals surface area contributed by atoms with E-state index in [0.717, 1.165) is 13.1 Å². The third-order valence-corrected chi connectivity index (χ3v) is 2.17. The quantitative estimate of drug-likeness (QED) is 0.611. The molecule has 0 aromatic rings. The van der Waals surface area contributed by atoms with Crippen LogP contribution in [0, 0.1) is 6.92 Å². The van der Waals surface area contributed by atoms with Crippen LogP contribution in [0.3, 0.4) is 0 Å². The first kappa shape index (κ1) is 8.02. The largest absolute Gasteiger partial charge is 0.329 e. The Hall–Kier alpha value is -0.0800. The van der Waals surface area contributed by atoms with E-state index in [0.29, 0.717) is 6.04 Å². The molecule has 0 aliphatic carbocycles. The lowest BCUT2D eigenvalue weighted by molar-refractivity contribution is 0.183. The molecule has 1 heterocycles. The van der Waals surface area contributed by atoms with E-state index >= 15 is 0 Å². The van der Waals surface area contributed by atoms with Gasteiger partial charge >= 0.3 is 0 Å². The van der Waals surface area contributed by atoms with Gasteiger partial charge in [-0.1, -0.05) is 6.42 Å². The number of nitrogens with zero attached hydrogens (tertiary/aromatic N) is 1. The Morgan fingerprint density at radius 3 is 2.90 bits per heavy atom. The van der Waals surface area contributed by atoms with Crippen LogP contribution in [-0.4, -0.2) is 30.6 Å². The van der Waals surface area contributed by atoms with Gasteiger partial charge in [0.25, 0.3) is 0 Å². The smallest absolute Gasteiger partial charge is 0.0108 e. The SMILES string of the molecule is [CH2]C1CCCCN1CCN. The zero-order valence-electron chi connectivity index (χ0n) is 6.55. The van der Waals surface area contributed by atoms with Gasteiger partial charge in [-0.25, -0.2) is 0 Å². The van der Waals surface area contributed by atoms with Gasteiger partial charge in [0, 0.05) is 19.1 Å². The van der Waals surface area contributed by atoms with Crippen molar-refractivity contribution in [3.05, 3.63) is 6.92 Å². The molecule has 1 radical (unpaired) electrons. The van der Waals surface area contributed by atoms with Crippen molar-refractivity contribution in [2.45, 2.75) is 25.3 Å². The normalized spacial score (nSPS) is 28.8. The lowest BCUT2D eigenvalue weighted by Gasteiger charge is -2.32. The van der Waals surface area contributed by atoms with E-state index in [2.05, 4.69) is 11.8 Å². The minimum Gasteiger partial charge on any atom is -0.329 e. The Morgan fingerprint density at radius 1 is 1.50 bits per heavy atom. The van der Waals surface area contributed by atoms with Gasteiger partial charge in [0.15, 0.2) is 0 Å². The maximum atomic E-state index is 5.45. The maximum Gasteiger partial charge on any atom is 0.0108 e. The average Bonchev–Trinajstić information content (AvgIpc) is 1.94. The van der Waals surface area contributed by atoms with Gasteiger partial charge in [-0.3, -0.25) is 4.90 Å². The molecule has 10 heavy (non-hydrogen) atoms.